The number of hydrogen-bond acceptors (Lipinski definition) is 3. The molecule has 1 aromatic carbocycles. The minimum atomic E-state index is 0.0841. The number of para-hydroxylation sites is 1. The maximum Gasteiger partial charge on any atom is 0.128 e. The first-order chi connectivity index (χ1) is 6.31. The molecule has 0 radical (unpaired) electrons. The van der Waals surface area contributed by atoms with Crippen LogP contribution in [0.15, 0.2) is 29.4 Å². The topological polar surface area (TPSA) is 41.8 Å². The zero-order valence-corrected chi connectivity index (χ0v) is 7.40. The van der Waals surface area contributed by atoms with Gasteiger partial charge in [-0.15, -0.1) is 0 Å². The predicted octanol–water partition coefficient (Wildman–Crippen LogP) is 2.04. The highest BCUT2D eigenvalue weighted by Crippen LogP contribution is 2.27. The summed E-state index contributed by atoms with van der Waals surface area (Å²) in [7, 11) is 0. The van der Waals surface area contributed by atoms with E-state index in [-0.39, 0.29) is 6.10 Å². The lowest BCUT2D eigenvalue weighted by molar-refractivity contribution is 0.218. The van der Waals surface area contributed by atoms with E-state index >= 15 is 0 Å². The summed E-state index contributed by atoms with van der Waals surface area (Å²) in [6, 6.07) is 7.60. The second-order valence-corrected chi connectivity index (χ2v) is 3.18. The van der Waals surface area contributed by atoms with Gasteiger partial charge in [-0.1, -0.05) is 17.3 Å². The SMILES string of the molecule is CC1C/C(=N/O)c2ccccc2O1. The molecule has 0 bridgehead atoms. The average Bonchev–Trinajstić information content (AvgIpc) is 2.16. The van der Waals surface area contributed by atoms with Gasteiger partial charge in [0, 0.05) is 12.0 Å². The number of fused-ring (bicyclic) bond motifs is 1. The summed E-state index contributed by atoms with van der Waals surface area (Å²) in [5.41, 5.74) is 1.59. The molecule has 2 rings (SSSR count). The van der Waals surface area contributed by atoms with Crippen molar-refractivity contribution in [2.75, 3.05) is 0 Å². The van der Waals surface area contributed by atoms with Crippen LogP contribution in [0.2, 0.25) is 0 Å². The number of rotatable bonds is 0. The summed E-state index contributed by atoms with van der Waals surface area (Å²) in [6.07, 6.45) is 0.744. The fourth-order valence-corrected chi connectivity index (χ4v) is 1.54. The highest BCUT2D eigenvalue weighted by molar-refractivity contribution is 6.03. The number of ether oxygens (including phenoxy) is 1. The number of nitrogens with zero attached hydrogens (tertiary/aromatic N) is 1. The van der Waals surface area contributed by atoms with Crippen LogP contribution in [-0.4, -0.2) is 17.0 Å². The molecular formula is C10H11NO2. The van der Waals surface area contributed by atoms with Gasteiger partial charge in [0.15, 0.2) is 0 Å². The van der Waals surface area contributed by atoms with E-state index in [9.17, 15) is 0 Å². The molecule has 1 atom stereocenters. The van der Waals surface area contributed by atoms with E-state index in [0.717, 1.165) is 11.3 Å². The third-order valence-corrected chi connectivity index (χ3v) is 2.13. The molecule has 1 aliphatic rings. The highest BCUT2D eigenvalue weighted by atomic mass is 16.5. The van der Waals surface area contributed by atoms with Gasteiger partial charge in [-0.25, -0.2) is 0 Å². The largest absolute Gasteiger partial charge is 0.490 e. The van der Waals surface area contributed by atoms with Gasteiger partial charge in [-0.3, -0.25) is 0 Å². The van der Waals surface area contributed by atoms with Crippen molar-refractivity contribution in [1.29, 1.82) is 0 Å². The second kappa shape index (κ2) is 3.09. The van der Waals surface area contributed by atoms with E-state index in [1.807, 2.05) is 31.2 Å². The first-order valence-electron chi connectivity index (χ1n) is 4.28. The molecule has 0 amide bonds. The van der Waals surface area contributed by atoms with E-state index < -0.39 is 0 Å². The molecule has 0 saturated carbocycles. The highest BCUT2D eigenvalue weighted by Gasteiger charge is 2.21. The molecule has 0 spiro atoms. The molecule has 1 aromatic rings. The van der Waals surface area contributed by atoms with Gasteiger partial charge in [-0.05, 0) is 19.1 Å². The van der Waals surface area contributed by atoms with Crippen LogP contribution in [0.1, 0.15) is 18.9 Å². The third-order valence-electron chi connectivity index (χ3n) is 2.13. The van der Waals surface area contributed by atoms with E-state index in [2.05, 4.69) is 5.16 Å². The Hall–Kier alpha value is -1.51. The van der Waals surface area contributed by atoms with Crippen LogP contribution in [0, 0.1) is 0 Å². The van der Waals surface area contributed by atoms with Crippen molar-refractivity contribution in [2.45, 2.75) is 19.4 Å². The Labute approximate surface area is 76.6 Å². The quantitative estimate of drug-likeness (QED) is 0.486. The maximum absolute atomic E-state index is 8.79. The van der Waals surface area contributed by atoms with Crippen LogP contribution in [0.3, 0.4) is 0 Å². The van der Waals surface area contributed by atoms with Gasteiger partial charge in [0.25, 0.3) is 0 Å². The molecule has 0 saturated heterocycles. The zero-order chi connectivity index (χ0) is 9.26. The van der Waals surface area contributed by atoms with E-state index in [0.29, 0.717) is 12.1 Å². The molecule has 0 aliphatic carbocycles. The van der Waals surface area contributed by atoms with Crippen LogP contribution in [0.25, 0.3) is 0 Å². The molecule has 1 unspecified atom stereocenters. The summed E-state index contributed by atoms with van der Waals surface area (Å²) in [6.45, 7) is 1.96. The smallest absolute Gasteiger partial charge is 0.128 e. The molecule has 1 aliphatic heterocycles. The lowest BCUT2D eigenvalue weighted by atomic mass is 10.0. The average molecular weight is 177 g/mol. The Bertz CT molecular complexity index is 347. The molecule has 0 fully saturated rings. The maximum atomic E-state index is 8.79. The Morgan fingerprint density at radius 2 is 2.23 bits per heavy atom. The van der Waals surface area contributed by atoms with E-state index in [1.54, 1.807) is 0 Å². The first-order valence-corrected chi connectivity index (χ1v) is 4.28. The fraction of sp³-hybridized carbons (Fsp3) is 0.300. The monoisotopic (exact) mass is 177 g/mol. The van der Waals surface area contributed by atoms with Gasteiger partial charge >= 0.3 is 0 Å². The molecule has 3 nitrogen and oxygen atoms in total. The van der Waals surface area contributed by atoms with Gasteiger partial charge < -0.3 is 9.94 Å². The van der Waals surface area contributed by atoms with Gasteiger partial charge in [0.1, 0.15) is 11.9 Å². The van der Waals surface area contributed by atoms with Crippen molar-refractivity contribution >= 4 is 5.71 Å². The Kier molecular flexibility index (Phi) is 1.93. The minimum Gasteiger partial charge on any atom is -0.490 e. The lowest BCUT2D eigenvalue weighted by Crippen LogP contribution is -2.24. The Morgan fingerprint density at radius 3 is 3.00 bits per heavy atom. The normalized spacial score (nSPS) is 23.8. The number of oxime groups is 1. The van der Waals surface area contributed by atoms with Crippen LogP contribution in [0.4, 0.5) is 0 Å². The van der Waals surface area contributed by atoms with E-state index in [4.69, 9.17) is 9.94 Å². The van der Waals surface area contributed by atoms with Gasteiger partial charge in [-0.2, -0.15) is 0 Å². The Morgan fingerprint density at radius 1 is 1.46 bits per heavy atom. The fourth-order valence-electron chi connectivity index (χ4n) is 1.54. The van der Waals surface area contributed by atoms with Crippen LogP contribution in [-0.2, 0) is 0 Å². The van der Waals surface area contributed by atoms with Crippen molar-refractivity contribution in [2.24, 2.45) is 5.16 Å². The molecule has 13 heavy (non-hydrogen) atoms. The first kappa shape index (κ1) is 8.10. The lowest BCUT2D eigenvalue weighted by Gasteiger charge is -2.23. The Balaban J connectivity index is 2.49. The number of hydrogen-bond donors (Lipinski definition) is 1. The summed E-state index contributed by atoms with van der Waals surface area (Å²) >= 11 is 0. The van der Waals surface area contributed by atoms with Gasteiger partial charge in [0.05, 0.1) is 5.71 Å². The predicted molar refractivity (Wildman–Crippen MR) is 49.5 cm³/mol. The second-order valence-electron chi connectivity index (χ2n) is 3.18. The van der Waals surface area contributed by atoms with Crippen molar-refractivity contribution < 1.29 is 9.94 Å². The summed E-state index contributed by atoms with van der Waals surface area (Å²) in [5, 5.41) is 12.1. The molecule has 0 aromatic heterocycles. The summed E-state index contributed by atoms with van der Waals surface area (Å²) < 4.78 is 5.57. The molecule has 3 heteroatoms. The number of benzene rings is 1. The van der Waals surface area contributed by atoms with Crippen LogP contribution < -0.4 is 4.74 Å². The molecule has 68 valence electrons. The summed E-state index contributed by atoms with van der Waals surface area (Å²) in [5.74, 6) is 0.800. The third kappa shape index (κ3) is 1.37. The van der Waals surface area contributed by atoms with Crippen molar-refractivity contribution in [1.82, 2.24) is 0 Å². The van der Waals surface area contributed by atoms with Crippen LogP contribution >= 0.6 is 0 Å². The molecule has 1 heterocycles. The van der Waals surface area contributed by atoms with Crippen molar-refractivity contribution in [3.05, 3.63) is 29.8 Å². The summed E-state index contributed by atoms with van der Waals surface area (Å²) in [4.78, 5) is 0. The molecule has 1 N–H and O–H groups in total. The van der Waals surface area contributed by atoms with Crippen molar-refractivity contribution in [3.63, 3.8) is 0 Å². The van der Waals surface area contributed by atoms with Gasteiger partial charge in [0.2, 0.25) is 0 Å². The van der Waals surface area contributed by atoms with Crippen molar-refractivity contribution in [3.8, 4) is 5.75 Å². The molecular weight excluding hydrogens is 166 g/mol. The minimum absolute atomic E-state index is 0.0841. The zero-order valence-electron chi connectivity index (χ0n) is 7.40. The standard InChI is InChI=1S/C10H11NO2/c1-7-6-9(11-12)8-4-2-3-5-10(8)13-7/h2-5,7,12H,6H2,1H3/b11-9-. The van der Waals surface area contributed by atoms with E-state index in [1.165, 1.54) is 0 Å². The van der Waals surface area contributed by atoms with Crippen LogP contribution in [0.5, 0.6) is 5.75 Å².